The third kappa shape index (κ3) is 21.4. The van der Waals surface area contributed by atoms with E-state index in [1.54, 1.807) is 0 Å². The molecule has 0 spiro atoms. The molecule has 0 aromatic rings. The molecule has 10 heteroatoms. The number of hydrogen-bond acceptors (Lipinski definition) is 10. The van der Waals surface area contributed by atoms with Crippen molar-refractivity contribution in [2.24, 2.45) is 0 Å². The third-order valence-corrected chi connectivity index (χ3v) is 6.35. The Bertz CT molecular complexity index is 610. The molecule has 0 radical (unpaired) electrons. The molecule has 0 aliphatic rings. The van der Waals surface area contributed by atoms with Crippen molar-refractivity contribution < 1.29 is 38.6 Å². The van der Waals surface area contributed by atoms with E-state index in [4.69, 9.17) is 29.0 Å². The Morgan fingerprint density at radius 2 is 1.18 bits per heavy atom. The van der Waals surface area contributed by atoms with E-state index in [0.717, 1.165) is 64.2 Å². The van der Waals surface area contributed by atoms with Gasteiger partial charge in [0.1, 0.15) is 6.04 Å². The second-order valence-electron chi connectivity index (χ2n) is 10.5. The number of carbonyl (C=O) groups excluding carboxylic acids is 2. The van der Waals surface area contributed by atoms with E-state index in [0.29, 0.717) is 45.9 Å². The molecule has 3 unspecified atom stereocenters. The van der Waals surface area contributed by atoms with E-state index in [2.05, 4.69) is 31.4 Å². The second kappa shape index (κ2) is 26.6. The van der Waals surface area contributed by atoms with Crippen molar-refractivity contribution in [3.8, 4) is 0 Å². The summed E-state index contributed by atoms with van der Waals surface area (Å²) in [5.74, 6) is -0.869. The highest BCUT2D eigenvalue weighted by atomic mass is 17.2. The second-order valence-corrected chi connectivity index (χ2v) is 10.5. The molecule has 0 amide bonds. The number of unbranched alkanes of at least 4 members (excludes halogenated alkanes) is 5. The summed E-state index contributed by atoms with van der Waals surface area (Å²) >= 11 is 0. The lowest BCUT2D eigenvalue weighted by molar-refractivity contribution is -0.307. The van der Waals surface area contributed by atoms with Crippen LogP contribution in [0, 0.1) is 0 Å². The van der Waals surface area contributed by atoms with Crippen LogP contribution in [0.2, 0.25) is 0 Å². The average Bonchev–Trinajstić information content (AvgIpc) is 2.93. The molecule has 0 aromatic heterocycles. The first-order valence-electron chi connectivity index (χ1n) is 15.7. The number of ether oxygens (including phenoxy) is 2. The number of hydrogen-bond donors (Lipinski definition) is 2. The Morgan fingerprint density at radius 3 is 1.77 bits per heavy atom. The number of nitrogens with one attached hydrogen (secondary N) is 2. The predicted octanol–water partition coefficient (Wildman–Crippen LogP) is 5.77. The van der Waals surface area contributed by atoms with E-state index in [9.17, 15) is 9.59 Å². The highest BCUT2D eigenvalue weighted by Crippen LogP contribution is 2.17. The molecule has 40 heavy (non-hydrogen) atoms. The molecule has 0 heterocycles. The highest BCUT2D eigenvalue weighted by Gasteiger charge is 2.34. The molecule has 10 nitrogen and oxygen atoms in total. The van der Waals surface area contributed by atoms with Crippen LogP contribution >= 0.6 is 0 Å². The molecule has 0 bridgehead atoms. The summed E-state index contributed by atoms with van der Waals surface area (Å²) in [5.41, 5.74) is -0.700. The Balaban J connectivity index is 5.55. The lowest BCUT2D eigenvalue weighted by Crippen LogP contribution is -2.63. The summed E-state index contributed by atoms with van der Waals surface area (Å²) < 4.78 is 10.9. The molecule has 0 saturated heterocycles. The molecule has 0 rings (SSSR count). The van der Waals surface area contributed by atoms with Gasteiger partial charge < -0.3 is 9.47 Å². The maximum atomic E-state index is 13.1. The molecule has 3 atom stereocenters. The molecule has 2 N–H and O–H groups in total. The molecule has 0 aromatic carbocycles. The maximum Gasteiger partial charge on any atom is 0.323 e. The highest BCUT2D eigenvalue weighted by molar-refractivity contribution is 5.82. The van der Waals surface area contributed by atoms with Crippen molar-refractivity contribution in [1.29, 1.82) is 0 Å². The van der Waals surface area contributed by atoms with Gasteiger partial charge in [0.05, 0.1) is 51.7 Å². The van der Waals surface area contributed by atoms with Gasteiger partial charge in [0.15, 0.2) is 0 Å². The fraction of sp³-hybridized carbons (Fsp3) is 0.933. The minimum atomic E-state index is -0.851. The smallest absolute Gasteiger partial charge is 0.323 e. The van der Waals surface area contributed by atoms with Gasteiger partial charge in [-0.05, 0) is 45.4 Å². The molecular formula is C30H60N2O8. The van der Waals surface area contributed by atoms with Crippen molar-refractivity contribution in [2.45, 2.75) is 143 Å². The normalized spacial score (nSPS) is 14.4. The van der Waals surface area contributed by atoms with Crippen LogP contribution in [-0.4, -0.2) is 69.3 Å². The van der Waals surface area contributed by atoms with Gasteiger partial charge >= 0.3 is 11.9 Å². The SMILES string of the molecule is CCCCOOCCC(COOCCCC)NC(C)(CCCC)NC(CC(=O)OCCCC)C(=O)OCCCC. The van der Waals surface area contributed by atoms with Crippen LogP contribution in [0.5, 0.6) is 0 Å². The minimum absolute atomic E-state index is 0.103. The number of carbonyl (C=O) groups is 2. The lowest BCUT2D eigenvalue weighted by atomic mass is 10.00. The number of esters is 2. The van der Waals surface area contributed by atoms with Gasteiger partial charge in [-0.15, -0.1) is 0 Å². The van der Waals surface area contributed by atoms with Gasteiger partial charge in [-0.2, -0.15) is 0 Å². The topological polar surface area (TPSA) is 114 Å². The molecule has 0 aliphatic heterocycles. The fourth-order valence-electron chi connectivity index (χ4n) is 3.82. The van der Waals surface area contributed by atoms with E-state index in [1.165, 1.54) is 0 Å². The Hall–Kier alpha value is -1.30. The minimum Gasteiger partial charge on any atom is -0.466 e. The van der Waals surface area contributed by atoms with Gasteiger partial charge in [0.25, 0.3) is 0 Å². The van der Waals surface area contributed by atoms with Gasteiger partial charge in [-0.1, -0.05) is 73.1 Å². The van der Waals surface area contributed by atoms with Crippen LogP contribution < -0.4 is 10.6 Å². The molecule has 0 aliphatic carbocycles. The zero-order chi connectivity index (χ0) is 29.9. The van der Waals surface area contributed by atoms with E-state index in [1.807, 2.05) is 20.8 Å². The summed E-state index contributed by atoms with van der Waals surface area (Å²) in [5, 5.41) is 7.04. The summed E-state index contributed by atoms with van der Waals surface area (Å²) in [6.07, 6.45) is 10.4. The summed E-state index contributed by atoms with van der Waals surface area (Å²) in [7, 11) is 0. The van der Waals surface area contributed by atoms with Crippen molar-refractivity contribution in [2.75, 3.05) is 39.6 Å². The zero-order valence-electron chi connectivity index (χ0n) is 26.4. The zero-order valence-corrected chi connectivity index (χ0v) is 26.4. The van der Waals surface area contributed by atoms with Crippen LogP contribution in [-0.2, 0) is 38.6 Å². The van der Waals surface area contributed by atoms with Crippen LogP contribution in [0.3, 0.4) is 0 Å². The standard InChI is InChI=1S/C30H60N2O8/c1-7-12-18-30(6,31-26(25-40-38-22-16-11-5)17-23-39-37-21-15-10-4)32-27(29(34)36-20-14-9-3)24-28(33)35-19-13-8-2/h26-27,31-32H,7-25H2,1-6H3. The van der Waals surface area contributed by atoms with E-state index < -0.39 is 23.6 Å². The monoisotopic (exact) mass is 576 g/mol. The maximum absolute atomic E-state index is 13.1. The average molecular weight is 577 g/mol. The lowest BCUT2D eigenvalue weighted by Gasteiger charge is -2.38. The third-order valence-electron chi connectivity index (χ3n) is 6.35. The van der Waals surface area contributed by atoms with Gasteiger partial charge in [-0.3, -0.25) is 20.2 Å². The first kappa shape index (κ1) is 38.7. The number of rotatable bonds is 29. The van der Waals surface area contributed by atoms with E-state index in [-0.39, 0.29) is 19.1 Å². The van der Waals surface area contributed by atoms with Crippen molar-refractivity contribution in [3.05, 3.63) is 0 Å². The van der Waals surface area contributed by atoms with Crippen molar-refractivity contribution >= 4 is 11.9 Å². The largest absolute Gasteiger partial charge is 0.466 e. The van der Waals surface area contributed by atoms with Crippen LogP contribution in [0.25, 0.3) is 0 Å². The Kier molecular flexibility index (Phi) is 25.7. The summed E-state index contributed by atoms with van der Waals surface area (Å²) in [4.78, 5) is 47.3. The van der Waals surface area contributed by atoms with E-state index >= 15 is 0 Å². The first-order chi connectivity index (χ1) is 19.4. The molecular weight excluding hydrogens is 516 g/mol. The van der Waals surface area contributed by atoms with Crippen molar-refractivity contribution in [3.63, 3.8) is 0 Å². The summed E-state index contributed by atoms with van der Waals surface area (Å²) in [6, 6.07) is -1.02. The summed E-state index contributed by atoms with van der Waals surface area (Å²) in [6.45, 7) is 14.8. The molecule has 0 saturated carbocycles. The predicted molar refractivity (Wildman–Crippen MR) is 156 cm³/mol. The fourth-order valence-corrected chi connectivity index (χ4v) is 3.82. The van der Waals surface area contributed by atoms with Crippen molar-refractivity contribution in [1.82, 2.24) is 10.6 Å². The molecule has 238 valence electrons. The quantitative estimate of drug-likeness (QED) is 0.0374. The molecule has 0 fully saturated rings. The van der Waals surface area contributed by atoms with Gasteiger partial charge in [-0.25, -0.2) is 19.6 Å². The van der Waals surface area contributed by atoms with Crippen LogP contribution in [0.4, 0.5) is 0 Å². The Labute approximate surface area is 243 Å². The van der Waals surface area contributed by atoms with Crippen LogP contribution in [0.1, 0.15) is 125 Å². The van der Waals surface area contributed by atoms with Gasteiger partial charge in [0, 0.05) is 6.04 Å². The first-order valence-corrected chi connectivity index (χ1v) is 15.7. The Morgan fingerprint density at radius 1 is 0.650 bits per heavy atom. The van der Waals surface area contributed by atoms with Crippen LogP contribution in [0.15, 0.2) is 0 Å². The van der Waals surface area contributed by atoms with Gasteiger partial charge in [0.2, 0.25) is 0 Å².